The van der Waals surface area contributed by atoms with Crippen LogP contribution < -0.4 is 5.32 Å². The second-order valence-electron chi connectivity index (χ2n) is 7.78. The summed E-state index contributed by atoms with van der Waals surface area (Å²) in [6.45, 7) is 10.6. The van der Waals surface area contributed by atoms with E-state index in [9.17, 15) is 4.79 Å². The number of ether oxygens (including phenoxy) is 1. The molecule has 2 aromatic rings. The third-order valence-electron chi connectivity index (χ3n) is 4.32. The molecule has 4 heteroatoms. The van der Waals surface area contributed by atoms with Gasteiger partial charge in [0.15, 0.2) is 0 Å². The summed E-state index contributed by atoms with van der Waals surface area (Å²) < 4.78 is 5.36. The average Bonchev–Trinajstić information content (AvgIpc) is 2.55. The molecule has 2 aromatic carbocycles. The fraction of sp³-hybridized carbons (Fsp3) is 0.409. The highest BCUT2D eigenvalue weighted by Crippen LogP contribution is 2.26. The van der Waals surface area contributed by atoms with E-state index in [0.717, 1.165) is 23.4 Å². The Kier molecular flexibility index (Phi) is 6.43. The number of carbonyl (C=O) groups is 1. The van der Waals surface area contributed by atoms with E-state index in [1.165, 1.54) is 5.56 Å². The molecule has 0 saturated carbocycles. The van der Waals surface area contributed by atoms with Crippen LogP contribution in [0.3, 0.4) is 0 Å². The maximum atomic E-state index is 12.1. The molecule has 0 aliphatic carbocycles. The predicted molar refractivity (Wildman–Crippen MR) is 107 cm³/mol. The first kappa shape index (κ1) is 20.0. The molecule has 0 fully saturated rings. The first-order valence-corrected chi connectivity index (χ1v) is 9.00. The van der Waals surface area contributed by atoms with Crippen LogP contribution in [0.2, 0.25) is 0 Å². The lowest BCUT2D eigenvalue weighted by Crippen LogP contribution is -2.27. The van der Waals surface area contributed by atoms with Crippen LogP contribution in [0.4, 0.5) is 10.5 Å². The van der Waals surface area contributed by atoms with Crippen molar-refractivity contribution in [3.05, 3.63) is 65.2 Å². The summed E-state index contributed by atoms with van der Waals surface area (Å²) in [5, 5.41) is 2.87. The fourth-order valence-corrected chi connectivity index (χ4v) is 2.71. The van der Waals surface area contributed by atoms with Crippen LogP contribution in [-0.4, -0.2) is 23.6 Å². The molecule has 1 amide bonds. The highest BCUT2D eigenvalue weighted by atomic mass is 16.6. The number of hydrogen-bond acceptors (Lipinski definition) is 3. The van der Waals surface area contributed by atoms with E-state index in [1.807, 2.05) is 45.9 Å². The zero-order valence-corrected chi connectivity index (χ0v) is 16.7. The molecular formula is C22H30N2O2. The van der Waals surface area contributed by atoms with Crippen molar-refractivity contribution in [3.63, 3.8) is 0 Å². The zero-order chi connectivity index (χ0) is 19.3. The lowest BCUT2D eigenvalue weighted by molar-refractivity contribution is 0.0636. The van der Waals surface area contributed by atoms with Gasteiger partial charge in [0.25, 0.3) is 0 Å². The number of benzene rings is 2. The lowest BCUT2D eigenvalue weighted by atomic mass is 10.0. The number of nitrogens with one attached hydrogen (secondary N) is 1. The number of nitrogens with zero attached hydrogens (tertiary/aromatic N) is 1. The maximum absolute atomic E-state index is 12.1. The van der Waals surface area contributed by atoms with Gasteiger partial charge in [-0.2, -0.15) is 0 Å². The van der Waals surface area contributed by atoms with E-state index in [4.69, 9.17) is 4.74 Å². The summed E-state index contributed by atoms with van der Waals surface area (Å²) in [6.07, 6.45) is -0.428. The Morgan fingerprint density at radius 1 is 1.15 bits per heavy atom. The van der Waals surface area contributed by atoms with Gasteiger partial charge in [0.2, 0.25) is 0 Å². The van der Waals surface area contributed by atoms with Crippen LogP contribution in [0.15, 0.2) is 48.5 Å². The Labute approximate surface area is 157 Å². The van der Waals surface area contributed by atoms with Crippen LogP contribution in [0, 0.1) is 6.92 Å². The molecule has 0 aliphatic rings. The smallest absolute Gasteiger partial charge is 0.412 e. The van der Waals surface area contributed by atoms with Crippen molar-refractivity contribution in [1.82, 2.24) is 4.90 Å². The van der Waals surface area contributed by atoms with E-state index < -0.39 is 11.7 Å². The number of carbonyl (C=O) groups excluding carboxylic acids is 1. The van der Waals surface area contributed by atoms with Crippen molar-refractivity contribution in [2.75, 3.05) is 12.4 Å². The fourth-order valence-electron chi connectivity index (χ4n) is 2.71. The number of rotatable bonds is 5. The van der Waals surface area contributed by atoms with Crippen molar-refractivity contribution < 1.29 is 9.53 Å². The summed E-state index contributed by atoms with van der Waals surface area (Å²) >= 11 is 0. The van der Waals surface area contributed by atoms with Crippen LogP contribution in [0.1, 0.15) is 50.4 Å². The van der Waals surface area contributed by atoms with Gasteiger partial charge in [-0.05, 0) is 64.4 Å². The maximum Gasteiger partial charge on any atom is 0.412 e. The summed E-state index contributed by atoms with van der Waals surface area (Å²) in [6, 6.07) is 16.8. The largest absolute Gasteiger partial charge is 0.444 e. The lowest BCUT2D eigenvalue weighted by Gasteiger charge is -2.26. The van der Waals surface area contributed by atoms with Gasteiger partial charge >= 0.3 is 6.09 Å². The Balaban J connectivity index is 2.10. The summed E-state index contributed by atoms with van der Waals surface area (Å²) in [7, 11) is 2.11. The molecule has 0 spiro atoms. The van der Waals surface area contributed by atoms with Gasteiger partial charge in [0, 0.05) is 18.3 Å². The average molecular weight is 354 g/mol. The first-order valence-electron chi connectivity index (χ1n) is 9.00. The molecule has 26 heavy (non-hydrogen) atoms. The first-order chi connectivity index (χ1) is 12.2. The van der Waals surface area contributed by atoms with Crippen molar-refractivity contribution in [3.8, 4) is 0 Å². The van der Waals surface area contributed by atoms with Gasteiger partial charge in [-0.3, -0.25) is 10.2 Å². The number of amides is 1. The van der Waals surface area contributed by atoms with Gasteiger partial charge < -0.3 is 4.74 Å². The second-order valence-corrected chi connectivity index (χ2v) is 7.78. The summed E-state index contributed by atoms with van der Waals surface area (Å²) in [4.78, 5) is 14.4. The molecule has 140 valence electrons. The van der Waals surface area contributed by atoms with Crippen molar-refractivity contribution in [1.29, 1.82) is 0 Å². The molecule has 0 aromatic heterocycles. The molecule has 1 atom stereocenters. The van der Waals surface area contributed by atoms with Gasteiger partial charge in [0.05, 0.1) is 0 Å². The Hall–Kier alpha value is -2.33. The van der Waals surface area contributed by atoms with Gasteiger partial charge in [0.1, 0.15) is 5.60 Å². The van der Waals surface area contributed by atoms with E-state index in [0.29, 0.717) is 0 Å². The molecule has 0 bridgehead atoms. The quantitative estimate of drug-likeness (QED) is 0.767. The van der Waals surface area contributed by atoms with E-state index in [1.54, 1.807) is 0 Å². The van der Waals surface area contributed by atoms with Crippen molar-refractivity contribution >= 4 is 11.8 Å². The van der Waals surface area contributed by atoms with Gasteiger partial charge in [-0.25, -0.2) is 4.79 Å². The van der Waals surface area contributed by atoms with Crippen LogP contribution in [0.25, 0.3) is 0 Å². The number of hydrogen-bond donors (Lipinski definition) is 1. The van der Waals surface area contributed by atoms with E-state index >= 15 is 0 Å². The number of aryl methyl sites for hydroxylation is 1. The predicted octanol–water partition coefficient (Wildman–Crippen LogP) is 5.54. The van der Waals surface area contributed by atoms with E-state index in [2.05, 4.69) is 54.5 Å². The normalized spacial score (nSPS) is 12.7. The standard InChI is InChI=1S/C22H30N2O2/c1-16-12-13-19(14-20(16)23-21(25)26-22(3,4)5)17(2)24(6)15-18-10-8-7-9-11-18/h7-14,17H,15H2,1-6H3,(H,23,25)/t17-/m1/s1. The molecular weight excluding hydrogens is 324 g/mol. The Morgan fingerprint density at radius 2 is 1.81 bits per heavy atom. The van der Waals surface area contributed by atoms with Gasteiger partial charge in [-0.1, -0.05) is 42.5 Å². The molecule has 0 radical (unpaired) electrons. The zero-order valence-electron chi connectivity index (χ0n) is 16.7. The Bertz CT molecular complexity index is 736. The minimum Gasteiger partial charge on any atom is -0.444 e. The SMILES string of the molecule is Cc1ccc([C@@H](C)N(C)Cc2ccccc2)cc1NC(=O)OC(C)(C)C. The Morgan fingerprint density at radius 3 is 2.42 bits per heavy atom. The topological polar surface area (TPSA) is 41.6 Å². The highest BCUT2D eigenvalue weighted by molar-refractivity contribution is 5.86. The molecule has 4 nitrogen and oxygen atoms in total. The van der Waals surface area contributed by atoms with Crippen LogP contribution >= 0.6 is 0 Å². The molecule has 0 heterocycles. The highest BCUT2D eigenvalue weighted by Gasteiger charge is 2.18. The van der Waals surface area contributed by atoms with Crippen molar-refractivity contribution in [2.24, 2.45) is 0 Å². The third kappa shape index (κ3) is 5.88. The van der Waals surface area contributed by atoms with E-state index in [-0.39, 0.29) is 6.04 Å². The second kappa shape index (κ2) is 8.37. The summed E-state index contributed by atoms with van der Waals surface area (Å²) in [5.41, 5.74) is 3.72. The molecule has 0 unspecified atom stereocenters. The minimum absolute atomic E-state index is 0.218. The molecule has 1 N–H and O–H groups in total. The van der Waals surface area contributed by atoms with Crippen LogP contribution in [-0.2, 0) is 11.3 Å². The molecule has 2 rings (SSSR count). The number of anilines is 1. The molecule has 0 aliphatic heterocycles. The van der Waals surface area contributed by atoms with Crippen molar-refractivity contribution in [2.45, 2.75) is 52.8 Å². The monoisotopic (exact) mass is 354 g/mol. The van der Waals surface area contributed by atoms with Gasteiger partial charge in [-0.15, -0.1) is 0 Å². The third-order valence-corrected chi connectivity index (χ3v) is 4.32. The summed E-state index contributed by atoms with van der Waals surface area (Å²) in [5.74, 6) is 0. The molecule has 0 saturated heterocycles. The van der Waals surface area contributed by atoms with Crippen LogP contribution in [0.5, 0.6) is 0 Å². The minimum atomic E-state index is -0.515.